The van der Waals surface area contributed by atoms with Gasteiger partial charge in [0, 0.05) is 6.04 Å². The van der Waals surface area contributed by atoms with E-state index in [1.807, 2.05) is 19.1 Å². The third-order valence-corrected chi connectivity index (χ3v) is 5.61. The molecule has 0 spiro atoms. The Hall–Kier alpha value is -0.780. The molecule has 5 heteroatoms. The van der Waals surface area contributed by atoms with Gasteiger partial charge >= 0.3 is 0 Å². The number of para-hydroxylation sites is 1. The molecule has 1 N–H and O–H groups in total. The molecule has 1 aromatic heterocycles. The Bertz CT molecular complexity index is 564. The number of thiazole rings is 1. The van der Waals surface area contributed by atoms with Gasteiger partial charge in [0.15, 0.2) is 4.34 Å². The summed E-state index contributed by atoms with van der Waals surface area (Å²) >= 11 is 3.42. The van der Waals surface area contributed by atoms with Crippen molar-refractivity contribution in [3.05, 3.63) is 18.2 Å². The number of hydrogen-bond acceptors (Lipinski definition) is 5. The average Bonchev–Trinajstić information content (AvgIpc) is 2.91. The van der Waals surface area contributed by atoms with Crippen LogP contribution in [0.4, 0.5) is 0 Å². The van der Waals surface area contributed by atoms with E-state index in [9.17, 15) is 0 Å². The van der Waals surface area contributed by atoms with Gasteiger partial charge in [-0.25, -0.2) is 4.98 Å². The number of fused-ring (bicyclic) bond motifs is 1. The molecule has 0 amide bonds. The minimum Gasteiger partial charge on any atom is -0.492 e. The highest BCUT2D eigenvalue weighted by molar-refractivity contribution is 7.99. The lowest BCUT2D eigenvalue weighted by atomic mass is 9.96. The van der Waals surface area contributed by atoms with Crippen LogP contribution in [0.2, 0.25) is 0 Å². The monoisotopic (exact) mass is 308 g/mol. The predicted octanol–water partition coefficient (Wildman–Crippen LogP) is 4.62. The minimum absolute atomic E-state index is 0.645. The zero-order valence-electron chi connectivity index (χ0n) is 11.7. The van der Waals surface area contributed by atoms with Crippen LogP contribution in [0, 0.1) is 0 Å². The molecular weight excluding hydrogens is 288 g/mol. The lowest BCUT2D eigenvalue weighted by molar-refractivity contribution is 0.343. The van der Waals surface area contributed by atoms with E-state index in [0.717, 1.165) is 15.6 Å². The van der Waals surface area contributed by atoms with Gasteiger partial charge < -0.3 is 4.74 Å². The van der Waals surface area contributed by atoms with Gasteiger partial charge in [-0.2, -0.15) is 0 Å². The van der Waals surface area contributed by atoms with Gasteiger partial charge in [0.1, 0.15) is 11.3 Å². The van der Waals surface area contributed by atoms with Crippen molar-refractivity contribution >= 4 is 33.5 Å². The molecule has 0 saturated heterocycles. The van der Waals surface area contributed by atoms with E-state index < -0.39 is 0 Å². The first-order chi connectivity index (χ1) is 9.86. The lowest BCUT2D eigenvalue weighted by Gasteiger charge is -2.21. The van der Waals surface area contributed by atoms with Gasteiger partial charge in [-0.1, -0.05) is 25.3 Å². The van der Waals surface area contributed by atoms with Crippen LogP contribution >= 0.6 is 23.3 Å². The quantitative estimate of drug-likeness (QED) is 0.817. The van der Waals surface area contributed by atoms with Crippen molar-refractivity contribution in [2.24, 2.45) is 0 Å². The van der Waals surface area contributed by atoms with E-state index in [2.05, 4.69) is 10.8 Å². The molecule has 0 unspecified atom stereocenters. The minimum atomic E-state index is 0.645. The van der Waals surface area contributed by atoms with Crippen molar-refractivity contribution < 1.29 is 4.74 Å². The van der Waals surface area contributed by atoms with Gasteiger partial charge in [0.25, 0.3) is 0 Å². The third kappa shape index (κ3) is 3.27. The SMILES string of the molecule is CCOc1cccc2sc(SNC3CCCCC3)nc12. The summed E-state index contributed by atoms with van der Waals surface area (Å²) in [4.78, 5) is 4.71. The summed E-state index contributed by atoms with van der Waals surface area (Å²) in [7, 11) is 0. The molecule has 0 bridgehead atoms. The maximum atomic E-state index is 5.64. The third-order valence-electron chi connectivity index (χ3n) is 3.58. The Morgan fingerprint density at radius 2 is 2.20 bits per heavy atom. The summed E-state index contributed by atoms with van der Waals surface area (Å²) in [6.45, 7) is 2.69. The first-order valence-electron chi connectivity index (χ1n) is 7.31. The number of benzene rings is 1. The summed E-state index contributed by atoms with van der Waals surface area (Å²) in [6, 6.07) is 6.79. The normalized spacial score (nSPS) is 16.6. The van der Waals surface area contributed by atoms with Crippen molar-refractivity contribution in [3.63, 3.8) is 0 Å². The summed E-state index contributed by atoms with van der Waals surface area (Å²) < 4.78 is 11.5. The first kappa shape index (κ1) is 14.2. The second-order valence-electron chi connectivity index (χ2n) is 5.07. The van der Waals surface area contributed by atoms with Crippen LogP contribution in [0.25, 0.3) is 10.2 Å². The molecule has 0 aliphatic heterocycles. The van der Waals surface area contributed by atoms with E-state index >= 15 is 0 Å². The first-order valence-corrected chi connectivity index (χ1v) is 8.95. The maximum Gasteiger partial charge on any atom is 0.166 e. The number of rotatable bonds is 5. The zero-order valence-corrected chi connectivity index (χ0v) is 13.4. The van der Waals surface area contributed by atoms with Crippen molar-refractivity contribution in [1.82, 2.24) is 9.71 Å². The predicted molar refractivity (Wildman–Crippen MR) is 86.7 cm³/mol. The van der Waals surface area contributed by atoms with Crippen molar-refractivity contribution in [1.29, 1.82) is 0 Å². The zero-order chi connectivity index (χ0) is 13.8. The molecule has 1 fully saturated rings. The van der Waals surface area contributed by atoms with Crippen molar-refractivity contribution in [3.8, 4) is 5.75 Å². The fourth-order valence-corrected chi connectivity index (χ4v) is 4.51. The van der Waals surface area contributed by atoms with Crippen LogP contribution < -0.4 is 9.46 Å². The molecule has 1 heterocycles. The topological polar surface area (TPSA) is 34.1 Å². The summed E-state index contributed by atoms with van der Waals surface area (Å²) in [5.74, 6) is 0.894. The fourth-order valence-electron chi connectivity index (χ4n) is 2.57. The van der Waals surface area contributed by atoms with Crippen LogP contribution in [0.15, 0.2) is 22.5 Å². The summed E-state index contributed by atoms with van der Waals surface area (Å²) in [6.07, 6.45) is 6.69. The molecular formula is C15H20N2OS2. The Morgan fingerprint density at radius 1 is 1.35 bits per heavy atom. The largest absolute Gasteiger partial charge is 0.492 e. The fraction of sp³-hybridized carbons (Fsp3) is 0.533. The molecule has 3 nitrogen and oxygen atoms in total. The number of hydrogen-bond donors (Lipinski definition) is 1. The highest BCUT2D eigenvalue weighted by atomic mass is 32.2. The Labute approximate surface area is 128 Å². The van der Waals surface area contributed by atoms with Gasteiger partial charge in [-0.3, -0.25) is 4.72 Å². The van der Waals surface area contributed by atoms with Gasteiger partial charge in [-0.15, -0.1) is 11.3 Å². The van der Waals surface area contributed by atoms with E-state index in [1.54, 1.807) is 23.3 Å². The highest BCUT2D eigenvalue weighted by Crippen LogP contribution is 2.34. The van der Waals surface area contributed by atoms with Crippen LogP contribution in [-0.2, 0) is 0 Å². The standard InChI is InChI=1S/C15H20N2OS2/c1-2-18-12-9-6-10-13-14(12)16-15(19-13)20-17-11-7-4-3-5-8-11/h6,9-11,17H,2-5,7-8H2,1H3. The molecule has 1 aliphatic carbocycles. The van der Waals surface area contributed by atoms with Crippen LogP contribution in [0.1, 0.15) is 39.0 Å². The smallest absolute Gasteiger partial charge is 0.166 e. The lowest BCUT2D eigenvalue weighted by Crippen LogP contribution is -2.25. The summed E-state index contributed by atoms with van der Waals surface area (Å²) in [5.41, 5.74) is 0.993. The van der Waals surface area contributed by atoms with Crippen LogP contribution in [0.5, 0.6) is 5.75 Å². The number of aromatic nitrogens is 1. The number of ether oxygens (including phenoxy) is 1. The highest BCUT2D eigenvalue weighted by Gasteiger charge is 2.15. The molecule has 3 rings (SSSR count). The Balaban J connectivity index is 1.70. The Kier molecular flexibility index (Phi) is 4.81. The molecule has 1 aromatic carbocycles. The van der Waals surface area contributed by atoms with Crippen molar-refractivity contribution in [2.45, 2.75) is 49.4 Å². The molecule has 108 valence electrons. The van der Waals surface area contributed by atoms with E-state index in [4.69, 9.17) is 9.72 Å². The molecule has 0 atom stereocenters. The molecule has 0 radical (unpaired) electrons. The van der Waals surface area contributed by atoms with Crippen LogP contribution in [-0.4, -0.2) is 17.6 Å². The average molecular weight is 308 g/mol. The molecule has 1 aliphatic rings. The Morgan fingerprint density at radius 3 is 3.00 bits per heavy atom. The molecule has 1 saturated carbocycles. The van der Waals surface area contributed by atoms with Gasteiger partial charge in [0.2, 0.25) is 0 Å². The number of nitrogens with zero attached hydrogens (tertiary/aromatic N) is 1. The van der Waals surface area contributed by atoms with Gasteiger partial charge in [-0.05, 0) is 43.8 Å². The number of nitrogens with one attached hydrogen (secondary N) is 1. The summed E-state index contributed by atoms with van der Waals surface area (Å²) in [5, 5.41) is 0. The van der Waals surface area contributed by atoms with E-state index in [-0.39, 0.29) is 0 Å². The van der Waals surface area contributed by atoms with Crippen LogP contribution in [0.3, 0.4) is 0 Å². The van der Waals surface area contributed by atoms with E-state index in [0.29, 0.717) is 12.6 Å². The van der Waals surface area contributed by atoms with E-state index in [1.165, 1.54) is 36.8 Å². The molecule has 20 heavy (non-hydrogen) atoms. The van der Waals surface area contributed by atoms with Gasteiger partial charge in [0.05, 0.1) is 11.3 Å². The molecule has 2 aromatic rings. The second kappa shape index (κ2) is 6.78. The van der Waals surface area contributed by atoms with Crippen molar-refractivity contribution in [2.75, 3.05) is 6.61 Å². The maximum absolute atomic E-state index is 5.64. The second-order valence-corrected chi connectivity index (χ2v) is 7.19.